The van der Waals surface area contributed by atoms with Crippen molar-refractivity contribution < 1.29 is 14.3 Å². The molecule has 1 unspecified atom stereocenters. The van der Waals surface area contributed by atoms with E-state index in [0.717, 1.165) is 4.91 Å². The highest BCUT2D eigenvalue weighted by molar-refractivity contribution is 8.17. The first kappa shape index (κ1) is 11.1. The highest BCUT2D eigenvalue weighted by atomic mass is 32.2. The Bertz CT molecular complexity index is 451. The Morgan fingerprint density at radius 1 is 1.56 bits per heavy atom. The summed E-state index contributed by atoms with van der Waals surface area (Å²) in [6, 6.07) is 0. The number of hydrogen-bond acceptors (Lipinski definition) is 6. The van der Waals surface area contributed by atoms with Crippen LogP contribution in [0, 0.1) is 5.92 Å². The Morgan fingerprint density at radius 2 is 2.31 bits per heavy atom. The van der Waals surface area contributed by atoms with E-state index in [1.807, 2.05) is 0 Å². The van der Waals surface area contributed by atoms with Crippen molar-refractivity contribution in [2.75, 3.05) is 7.11 Å². The molecule has 84 valence electrons. The number of carbonyl (C=O) groups is 2. The Balaban J connectivity index is 2.19. The fraction of sp³-hybridized carbons (Fsp3) is 0.400. The lowest BCUT2D eigenvalue weighted by atomic mass is 9.97. The van der Waals surface area contributed by atoms with Crippen molar-refractivity contribution >= 4 is 34.3 Å². The standard InChI is InChI=1S/C10H10N2O3S/c1-5-9(14)7-3-6(4-8(13)15-2)16-10(7)12-11-5/h4,7H,3H2,1-2H3/b6-4+. The Kier molecular flexibility index (Phi) is 2.91. The molecule has 2 rings (SSSR count). The van der Waals surface area contributed by atoms with E-state index in [0.29, 0.717) is 17.2 Å². The van der Waals surface area contributed by atoms with Gasteiger partial charge in [-0.3, -0.25) is 4.79 Å². The summed E-state index contributed by atoms with van der Waals surface area (Å²) in [7, 11) is 1.32. The Morgan fingerprint density at radius 3 is 3.00 bits per heavy atom. The molecule has 5 nitrogen and oxygen atoms in total. The molecule has 1 atom stereocenters. The molecular weight excluding hydrogens is 228 g/mol. The molecule has 16 heavy (non-hydrogen) atoms. The number of ether oxygens (including phenoxy) is 1. The Labute approximate surface area is 96.6 Å². The van der Waals surface area contributed by atoms with Gasteiger partial charge in [0, 0.05) is 6.08 Å². The molecule has 0 amide bonds. The molecule has 0 spiro atoms. The van der Waals surface area contributed by atoms with Crippen LogP contribution in [0.4, 0.5) is 0 Å². The molecule has 6 heteroatoms. The molecule has 0 aromatic heterocycles. The summed E-state index contributed by atoms with van der Waals surface area (Å²) in [6.45, 7) is 1.65. The van der Waals surface area contributed by atoms with Gasteiger partial charge in [0.15, 0.2) is 5.78 Å². The smallest absolute Gasteiger partial charge is 0.331 e. The molecule has 2 aliphatic heterocycles. The fourth-order valence-corrected chi connectivity index (χ4v) is 2.62. The second kappa shape index (κ2) is 4.21. The van der Waals surface area contributed by atoms with Crippen LogP contribution < -0.4 is 0 Å². The monoisotopic (exact) mass is 238 g/mol. The zero-order chi connectivity index (χ0) is 11.7. The highest BCUT2D eigenvalue weighted by Gasteiger charge is 2.37. The average molecular weight is 238 g/mol. The molecule has 0 N–H and O–H groups in total. The van der Waals surface area contributed by atoms with Crippen molar-refractivity contribution in [2.24, 2.45) is 16.1 Å². The molecule has 0 radical (unpaired) electrons. The molecule has 0 aromatic rings. The number of methoxy groups -OCH3 is 1. The molecule has 0 aromatic carbocycles. The summed E-state index contributed by atoms with van der Waals surface area (Å²) in [5.41, 5.74) is 0.425. The minimum Gasteiger partial charge on any atom is -0.466 e. The van der Waals surface area contributed by atoms with E-state index in [1.165, 1.54) is 24.9 Å². The second-order valence-electron chi connectivity index (χ2n) is 3.48. The first-order valence-electron chi connectivity index (χ1n) is 4.74. The van der Waals surface area contributed by atoms with Gasteiger partial charge in [-0.05, 0) is 18.2 Å². The maximum Gasteiger partial charge on any atom is 0.331 e. The molecular formula is C10H10N2O3S. The highest BCUT2D eigenvalue weighted by Crippen LogP contribution is 2.39. The summed E-state index contributed by atoms with van der Waals surface area (Å²) in [5, 5.41) is 8.41. The van der Waals surface area contributed by atoms with E-state index in [4.69, 9.17) is 0 Å². The fourth-order valence-electron chi connectivity index (χ4n) is 1.54. The van der Waals surface area contributed by atoms with Crippen molar-refractivity contribution in [1.29, 1.82) is 0 Å². The quantitative estimate of drug-likeness (QED) is 0.507. The predicted octanol–water partition coefficient (Wildman–Crippen LogP) is 1.15. The van der Waals surface area contributed by atoms with Crippen molar-refractivity contribution in [1.82, 2.24) is 0 Å². The van der Waals surface area contributed by atoms with Crippen molar-refractivity contribution in [3.63, 3.8) is 0 Å². The van der Waals surface area contributed by atoms with Crippen LogP contribution in [0.5, 0.6) is 0 Å². The van der Waals surface area contributed by atoms with Crippen LogP contribution in [0.2, 0.25) is 0 Å². The SMILES string of the molecule is COC(=O)/C=C1\CC2C(=O)C(C)=NN=C2S1. The van der Waals surface area contributed by atoms with Gasteiger partial charge in [0.1, 0.15) is 10.8 Å². The van der Waals surface area contributed by atoms with E-state index in [1.54, 1.807) is 6.92 Å². The number of allylic oxidation sites excluding steroid dienone is 1. The van der Waals surface area contributed by atoms with Crippen LogP contribution in [0.25, 0.3) is 0 Å². The summed E-state index contributed by atoms with van der Waals surface area (Å²) in [5.74, 6) is -0.670. The third-order valence-corrected chi connectivity index (χ3v) is 3.51. The van der Waals surface area contributed by atoms with Gasteiger partial charge in [0.25, 0.3) is 0 Å². The van der Waals surface area contributed by atoms with Gasteiger partial charge in [-0.25, -0.2) is 4.79 Å². The van der Waals surface area contributed by atoms with Crippen LogP contribution in [-0.4, -0.2) is 29.6 Å². The van der Waals surface area contributed by atoms with Gasteiger partial charge in [-0.15, -0.1) is 5.10 Å². The minimum atomic E-state index is -0.410. The lowest BCUT2D eigenvalue weighted by Gasteiger charge is -2.10. The number of carbonyl (C=O) groups excluding carboxylic acids is 2. The normalized spacial score (nSPS) is 26.2. The third kappa shape index (κ3) is 1.92. The van der Waals surface area contributed by atoms with Crippen LogP contribution in [0.3, 0.4) is 0 Å². The number of hydrogen-bond donors (Lipinski definition) is 0. The zero-order valence-electron chi connectivity index (χ0n) is 8.89. The average Bonchev–Trinajstić information content (AvgIpc) is 2.67. The van der Waals surface area contributed by atoms with Crippen LogP contribution in [0.1, 0.15) is 13.3 Å². The van der Waals surface area contributed by atoms with Gasteiger partial charge < -0.3 is 4.74 Å². The largest absolute Gasteiger partial charge is 0.466 e. The first-order chi connectivity index (χ1) is 7.61. The second-order valence-corrected chi connectivity index (χ2v) is 4.63. The number of Topliss-reactive ketones (excluding diaryl/α,β-unsaturated/α-hetero) is 1. The lowest BCUT2D eigenvalue weighted by Crippen LogP contribution is -2.27. The van der Waals surface area contributed by atoms with Crippen molar-refractivity contribution in [3.8, 4) is 0 Å². The molecule has 2 heterocycles. The van der Waals surface area contributed by atoms with Crippen molar-refractivity contribution in [3.05, 3.63) is 11.0 Å². The van der Waals surface area contributed by atoms with E-state index < -0.39 is 5.97 Å². The number of esters is 1. The summed E-state index contributed by atoms with van der Waals surface area (Å²) < 4.78 is 4.53. The van der Waals surface area contributed by atoms with E-state index in [-0.39, 0.29) is 11.7 Å². The van der Waals surface area contributed by atoms with E-state index >= 15 is 0 Å². The molecule has 0 saturated carbocycles. The maximum atomic E-state index is 11.7. The number of thioether (sulfide) groups is 1. The van der Waals surface area contributed by atoms with Gasteiger partial charge in [0.05, 0.1) is 13.0 Å². The number of fused-ring (bicyclic) bond motifs is 1. The number of ketones is 1. The molecule has 2 aliphatic rings. The van der Waals surface area contributed by atoms with Gasteiger partial charge in [0.2, 0.25) is 0 Å². The molecule has 0 bridgehead atoms. The van der Waals surface area contributed by atoms with Crippen LogP contribution in [-0.2, 0) is 14.3 Å². The van der Waals surface area contributed by atoms with Crippen LogP contribution >= 0.6 is 11.8 Å². The topological polar surface area (TPSA) is 68.1 Å². The maximum absolute atomic E-state index is 11.7. The predicted molar refractivity (Wildman–Crippen MR) is 61.3 cm³/mol. The van der Waals surface area contributed by atoms with Gasteiger partial charge in [-0.1, -0.05) is 11.8 Å². The minimum absolute atomic E-state index is 0.00855. The van der Waals surface area contributed by atoms with Gasteiger partial charge >= 0.3 is 5.97 Å². The summed E-state index contributed by atoms with van der Waals surface area (Å²) >= 11 is 1.33. The summed E-state index contributed by atoms with van der Waals surface area (Å²) in [6.07, 6.45) is 1.92. The van der Waals surface area contributed by atoms with E-state index in [9.17, 15) is 9.59 Å². The summed E-state index contributed by atoms with van der Waals surface area (Å²) in [4.78, 5) is 23.6. The van der Waals surface area contributed by atoms with Gasteiger partial charge in [-0.2, -0.15) is 5.10 Å². The van der Waals surface area contributed by atoms with E-state index in [2.05, 4.69) is 14.9 Å². The first-order valence-corrected chi connectivity index (χ1v) is 5.56. The lowest BCUT2D eigenvalue weighted by molar-refractivity contribution is -0.134. The van der Waals surface area contributed by atoms with Crippen molar-refractivity contribution in [2.45, 2.75) is 13.3 Å². The number of nitrogens with zero attached hydrogens (tertiary/aromatic N) is 2. The molecule has 1 fully saturated rings. The number of rotatable bonds is 1. The molecule has 1 saturated heterocycles. The van der Waals surface area contributed by atoms with Crippen LogP contribution in [0.15, 0.2) is 21.2 Å². The Hall–Kier alpha value is -1.43. The third-order valence-electron chi connectivity index (χ3n) is 2.39. The molecule has 0 aliphatic carbocycles. The zero-order valence-corrected chi connectivity index (χ0v) is 9.71.